The molecule has 0 bridgehead atoms. The number of fused-ring (bicyclic) bond motifs is 6. The van der Waals surface area contributed by atoms with Gasteiger partial charge >= 0.3 is 0 Å². The highest BCUT2D eigenvalue weighted by Crippen LogP contribution is 2.61. The zero-order chi connectivity index (χ0) is 71.9. The number of benzene rings is 13. The minimum atomic E-state index is 0.693. The van der Waals surface area contributed by atoms with Crippen molar-refractivity contribution in [2.75, 3.05) is 0 Å². The highest BCUT2D eigenvalue weighted by molar-refractivity contribution is 6.61. The van der Waals surface area contributed by atoms with Gasteiger partial charge in [0.1, 0.15) is 0 Å². The zero-order valence-corrected chi connectivity index (χ0v) is 68.1. The van der Waals surface area contributed by atoms with Crippen molar-refractivity contribution in [3.63, 3.8) is 0 Å². The van der Waals surface area contributed by atoms with Gasteiger partial charge in [-0.3, -0.25) is 0 Å². The normalized spacial score (nSPS) is 15.1. The molecule has 0 fully saturated rings. The monoisotopic (exact) mass is 1360 g/mol. The minimum Gasteiger partial charge on any atom is -0.0628 e. The molecular weight excluding hydrogens is 1230 g/mol. The molecule has 0 aliphatic rings. The van der Waals surface area contributed by atoms with Crippen LogP contribution in [0.25, 0.3) is 129 Å². The Bertz CT molecular complexity index is 3850. The zero-order valence-electron chi connectivity index (χ0n) is 68.1. The van der Waals surface area contributed by atoms with Crippen LogP contribution >= 0.6 is 0 Å². The molecule has 0 aliphatic heterocycles. The van der Waals surface area contributed by atoms with Gasteiger partial charge in [-0.05, 0) is 311 Å². The van der Waals surface area contributed by atoms with Gasteiger partial charge in [0.2, 0.25) is 0 Å². The average Bonchev–Trinajstić information content (AvgIpc) is 0.643. The SMILES string of the molecule is CC(C)CCC[C@@H](C)CCc1cc2c3cc(CC[C@H](C)CCCC(C)C)cc4c5cc(CC[C@H](C)CCCC(C)C)cc6c7cc(CC[C@H](C)CCCC(C)C)cc8c9cc(CC[C@H](C)CCCC(C)C)cc%10c%11cc(CC[C@H](C)CCCC(C)C)cc%12c(c1)c2c1c(c34)c(c56)c(c78)c(c%109)c1c%12%11. The molecule has 0 spiro atoms. The largest absolute Gasteiger partial charge is 0.0628 e. The second-order valence-electron chi connectivity index (χ2n) is 38.5. The van der Waals surface area contributed by atoms with E-state index in [9.17, 15) is 0 Å². The third-order valence-corrected chi connectivity index (χ3v) is 26.4. The molecule has 0 heterocycles. The van der Waals surface area contributed by atoms with Crippen molar-refractivity contribution in [3.8, 4) is 0 Å². The van der Waals surface area contributed by atoms with Crippen molar-refractivity contribution in [1.29, 1.82) is 0 Å². The molecule has 0 aliphatic carbocycles. The van der Waals surface area contributed by atoms with Crippen LogP contribution in [0.2, 0.25) is 0 Å². The van der Waals surface area contributed by atoms with Crippen LogP contribution in [0.3, 0.4) is 0 Å². The van der Waals surface area contributed by atoms with Gasteiger partial charge in [0, 0.05) is 0 Å². The predicted molar refractivity (Wildman–Crippen MR) is 461 cm³/mol. The summed E-state index contributed by atoms with van der Waals surface area (Å²) in [6, 6.07) is 33.5. The summed E-state index contributed by atoms with van der Waals surface area (Å²) in [5.74, 6) is 8.73. The van der Waals surface area contributed by atoms with Crippen molar-refractivity contribution in [3.05, 3.63) is 106 Å². The van der Waals surface area contributed by atoms with Gasteiger partial charge in [-0.1, -0.05) is 313 Å². The second-order valence-corrected chi connectivity index (χ2v) is 38.5. The summed E-state index contributed by atoms with van der Waals surface area (Å²) in [7, 11) is 0. The van der Waals surface area contributed by atoms with E-state index in [1.54, 1.807) is 98.0 Å². The summed E-state index contributed by atoms with van der Waals surface area (Å²) >= 11 is 0. The second kappa shape index (κ2) is 32.3. The summed E-state index contributed by atoms with van der Waals surface area (Å²) in [6.07, 6.45) is 38.1. The first-order valence-corrected chi connectivity index (χ1v) is 43.3. The molecule has 0 heteroatoms. The Labute approximate surface area is 619 Å². The summed E-state index contributed by atoms with van der Waals surface area (Å²) in [5, 5.41) is 37.1. The average molecular weight is 1360 g/mol. The lowest BCUT2D eigenvalue weighted by Gasteiger charge is -2.30. The number of hydrogen-bond donors (Lipinski definition) is 0. The molecule has 546 valence electrons. The van der Waals surface area contributed by atoms with E-state index < -0.39 is 0 Å². The van der Waals surface area contributed by atoms with Gasteiger partial charge in [0.05, 0.1) is 0 Å². The van der Waals surface area contributed by atoms with E-state index in [0.29, 0.717) is 35.5 Å². The molecular formula is C102H138. The highest BCUT2D eigenvalue weighted by Gasteiger charge is 2.33. The van der Waals surface area contributed by atoms with Gasteiger partial charge in [0.15, 0.2) is 0 Å². The number of aryl methyl sites for hydroxylation is 6. The van der Waals surface area contributed by atoms with Crippen LogP contribution in [0.15, 0.2) is 72.8 Å². The summed E-state index contributed by atoms with van der Waals surface area (Å²) in [5.41, 5.74) is 9.29. The van der Waals surface area contributed by atoms with E-state index in [-0.39, 0.29) is 0 Å². The predicted octanol–water partition coefficient (Wildman–Crippen LogP) is 32.5. The maximum Gasteiger partial charge on any atom is -0.0000472 e. The van der Waals surface area contributed by atoms with E-state index in [1.807, 2.05) is 0 Å². The van der Waals surface area contributed by atoms with Crippen LogP contribution in [-0.2, 0) is 38.5 Å². The van der Waals surface area contributed by atoms with Crippen LogP contribution in [0, 0.1) is 71.0 Å². The maximum absolute atomic E-state index is 2.79. The van der Waals surface area contributed by atoms with Crippen LogP contribution in [-0.4, -0.2) is 0 Å². The van der Waals surface area contributed by atoms with Crippen LogP contribution in [0.5, 0.6) is 0 Å². The lowest BCUT2D eigenvalue weighted by molar-refractivity contribution is 0.437. The van der Waals surface area contributed by atoms with Crippen LogP contribution in [0.4, 0.5) is 0 Å². The fourth-order valence-corrected chi connectivity index (χ4v) is 20.1. The molecule has 0 amide bonds. The molecule has 102 heavy (non-hydrogen) atoms. The Morgan fingerprint density at radius 3 is 0.373 bits per heavy atom. The van der Waals surface area contributed by atoms with Crippen molar-refractivity contribution in [1.82, 2.24) is 0 Å². The Balaban J connectivity index is 1.16. The molecule has 0 saturated heterocycles. The first kappa shape index (κ1) is 74.8. The van der Waals surface area contributed by atoms with Crippen molar-refractivity contribution >= 4 is 129 Å². The van der Waals surface area contributed by atoms with E-state index >= 15 is 0 Å². The number of hydrogen-bond acceptors (Lipinski definition) is 0. The summed E-state index contributed by atoms with van der Waals surface area (Å²) in [4.78, 5) is 0. The first-order chi connectivity index (χ1) is 49.0. The maximum atomic E-state index is 2.79. The van der Waals surface area contributed by atoms with Gasteiger partial charge in [-0.15, -0.1) is 0 Å². The quantitative estimate of drug-likeness (QED) is 0.0264. The Morgan fingerprint density at radius 1 is 0.147 bits per heavy atom. The minimum absolute atomic E-state index is 0.693. The van der Waals surface area contributed by atoms with Crippen LogP contribution in [0.1, 0.15) is 312 Å². The molecule has 0 nitrogen and oxygen atoms in total. The molecule has 0 saturated carbocycles. The lowest BCUT2D eigenvalue weighted by Crippen LogP contribution is -2.05. The van der Waals surface area contributed by atoms with E-state index in [0.717, 1.165) is 74.0 Å². The van der Waals surface area contributed by atoms with Gasteiger partial charge in [0.25, 0.3) is 0 Å². The van der Waals surface area contributed by atoms with Gasteiger partial charge in [-0.2, -0.15) is 0 Å². The topological polar surface area (TPSA) is 0 Å². The van der Waals surface area contributed by atoms with Crippen molar-refractivity contribution in [2.45, 2.75) is 317 Å². The molecule has 13 aromatic rings. The molecule has 0 unspecified atom stereocenters. The fourth-order valence-electron chi connectivity index (χ4n) is 20.1. The standard InChI is InChI=1S/C102H138/c1-61(2)25-19-31-67(13)37-43-73-49-79-81-51-74(44-38-68(14)32-20-26-62(3)4)53-83-85-55-76(46-40-70(16)34-22-28-64(7)8)57-87-89-59-78(48-42-72(18)36-24-30-66(11)12)60-90-88-58-77(47-41-71(17)35-23-29-65(9)10)56-86-84-54-75(45-39-69(15)33-21-27-63(5)6)52-82-80(50-73)91(79)97-98(92(81)83)100(94(85)87)102(96(89)90)101(95(86)88)99(97)93(82)84/h49-72H,19-48H2,1-18H3/t67-,68-,69-,70-,71-,72-/m1/s1. The molecule has 0 radical (unpaired) electrons. The van der Waals surface area contributed by atoms with Gasteiger partial charge < -0.3 is 0 Å². The molecule has 0 aromatic heterocycles. The van der Waals surface area contributed by atoms with E-state index in [1.165, 1.54) is 219 Å². The Hall–Kier alpha value is -5.46. The van der Waals surface area contributed by atoms with Crippen molar-refractivity contribution in [2.24, 2.45) is 71.0 Å². The molecule has 13 rings (SSSR count). The van der Waals surface area contributed by atoms with E-state index in [2.05, 4.69) is 197 Å². The third kappa shape index (κ3) is 15.8. The summed E-state index contributed by atoms with van der Waals surface area (Å²) in [6.45, 7) is 44.3. The van der Waals surface area contributed by atoms with Crippen LogP contribution < -0.4 is 0 Å². The fraction of sp³-hybridized carbons (Fsp3) is 0.588. The van der Waals surface area contributed by atoms with Crippen molar-refractivity contribution < 1.29 is 0 Å². The third-order valence-electron chi connectivity index (χ3n) is 26.4. The Morgan fingerprint density at radius 2 is 0.265 bits per heavy atom. The van der Waals surface area contributed by atoms with E-state index in [4.69, 9.17) is 0 Å². The number of rotatable bonds is 42. The molecule has 6 atom stereocenters. The lowest BCUT2D eigenvalue weighted by atomic mass is 9.72. The molecule has 0 N–H and O–H groups in total. The Kier molecular flexibility index (Phi) is 23.7. The smallest absolute Gasteiger partial charge is 0.0000472 e. The van der Waals surface area contributed by atoms with Gasteiger partial charge in [-0.25, -0.2) is 0 Å². The molecule has 13 aromatic carbocycles. The summed E-state index contributed by atoms with van der Waals surface area (Å²) < 4.78 is 0. The first-order valence-electron chi connectivity index (χ1n) is 43.3. The highest BCUT2D eigenvalue weighted by atomic mass is 14.4.